The van der Waals surface area contributed by atoms with Gasteiger partial charge in [0.15, 0.2) is 11.5 Å². The molecule has 2 aromatic carbocycles. The van der Waals surface area contributed by atoms with Gasteiger partial charge in [0.1, 0.15) is 6.54 Å². The molecule has 1 fully saturated rings. The zero-order valence-electron chi connectivity index (χ0n) is 20.4. The molecule has 1 aliphatic carbocycles. The van der Waals surface area contributed by atoms with E-state index in [1.807, 2.05) is 62.5 Å². The van der Waals surface area contributed by atoms with Gasteiger partial charge in [0.2, 0.25) is 5.69 Å². The summed E-state index contributed by atoms with van der Waals surface area (Å²) in [5.74, 6) is -0.560. The predicted molar refractivity (Wildman–Crippen MR) is 134 cm³/mol. The fourth-order valence-electron chi connectivity index (χ4n) is 5.76. The van der Waals surface area contributed by atoms with Gasteiger partial charge in [-0.1, -0.05) is 25.1 Å². The Labute approximate surface area is 200 Å². The number of ketones is 1. The highest BCUT2D eigenvalue weighted by molar-refractivity contribution is 6.16. The average Bonchev–Trinajstić information content (AvgIpc) is 3.20. The SMILES string of the molecule is CCC[N+]1=C(C=C2C(=O)C(c3c(C)n(C)c4ccccc34)C2O)C(C)(C)c2cc(C#N)ccc21. The first-order valence-electron chi connectivity index (χ1n) is 11.9. The van der Waals surface area contributed by atoms with Crippen molar-refractivity contribution in [3.8, 4) is 6.07 Å². The normalized spacial score (nSPS) is 22.3. The van der Waals surface area contributed by atoms with Gasteiger partial charge in [-0.15, -0.1) is 0 Å². The van der Waals surface area contributed by atoms with E-state index >= 15 is 0 Å². The van der Waals surface area contributed by atoms with Crippen molar-refractivity contribution in [1.29, 1.82) is 5.26 Å². The molecule has 0 saturated heterocycles. The maximum atomic E-state index is 13.5. The number of aromatic nitrogens is 1. The van der Waals surface area contributed by atoms with E-state index in [-0.39, 0.29) is 11.2 Å². The number of aryl methyl sites for hydroxylation is 1. The fraction of sp³-hybridized carbons (Fsp3) is 0.345. The second-order valence-corrected chi connectivity index (χ2v) is 9.97. The molecule has 0 bridgehead atoms. The van der Waals surface area contributed by atoms with Crippen LogP contribution in [0.25, 0.3) is 10.9 Å². The van der Waals surface area contributed by atoms with Crippen molar-refractivity contribution in [2.75, 3.05) is 6.54 Å². The minimum absolute atomic E-state index is 0.0135. The molecule has 0 radical (unpaired) electrons. The standard InChI is InChI=1S/C29H30N3O2/c1-6-13-32-23-12-11-18(16-30)14-21(23)29(3,4)24(32)15-20-27(33)26(28(20)34)25-17(2)31(5)22-10-8-7-9-19(22)25/h7-12,14-15,26-27,33H,6,13H2,1-5H3/q+1. The van der Waals surface area contributed by atoms with Gasteiger partial charge in [-0.3, -0.25) is 4.79 Å². The van der Waals surface area contributed by atoms with E-state index in [9.17, 15) is 15.2 Å². The number of fused-ring (bicyclic) bond motifs is 2. The molecule has 2 heterocycles. The molecule has 5 rings (SSSR count). The first kappa shape index (κ1) is 22.3. The number of aliphatic hydroxyl groups excluding tert-OH is 1. The zero-order chi connectivity index (χ0) is 24.4. The zero-order valence-corrected chi connectivity index (χ0v) is 20.4. The third-order valence-corrected chi connectivity index (χ3v) is 7.72. The number of benzene rings is 2. The lowest BCUT2D eigenvalue weighted by Crippen LogP contribution is -2.44. The number of allylic oxidation sites excluding steroid dienone is 1. The highest BCUT2D eigenvalue weighted by Gasteiger charge is 2.50. The number of Topliss-reactive ketones (excluding diaryl/α,β-unsaturated/α-hetero) is 1. The number of nitriles is 1. The molecular weight excluding hydrogens is 422 g/mol. The second-order valence-electron chi connectivity index (χ2n) is 9.97. The molecule has 34 heavy (non-hydrogen) atoms. The van der Waals surface area contributed by atoms with Crippen molar-refractivity contribution in [2.24, 2.45) is 7.05 Å². The molecular formula is C29H30N3O2+. The van der Waals surface area contributed by atoms with E-state index in [4.69, 9.17) is 0 Å². The molecule has 3 aromatic rings. The summed E-state index contributed by atoms with van der Waals surface area (Å²) in [6.45, 7) is 9.19. The van der Waals surface area contributed by atoms with Crippen molar-refractivity contribution in [3.05, 3.63) is 76.5 Å². The quantitative estimate of drug-likeness (QED) is 0.457. The number of hydrogen-bond donors (Lipinski definition) is 1. The van der Waals surface area contributed by atoms with Crippen molar-refractivity contribution in [2.45, 2.75) is 51.6 Å². The van der Waals surface area contributed by atoms with Crippen molar-refractivity contribution in [1.82, 2.24) is 4.57 Å². The third-order valence-electron chi connectivity index (χ3n) is 7.72. The molecule has 1 N–H and O–H groups in total. The Morgan fingerprint density at radius 2 is 1.97 bits per heavy atom. The Hall–Kier alpha value is -3.49. The molecule has 2 unspecified atom stereocenters. The fourth-order valence-corrected chi connectivity index (χ4v) is 5.76. The number of carbonyl (C=O) groups is 1. The van der Waals surface area contributed by atoms with Crippen LogP contribution in [0, 0.1) is 18.3 Å². The van der Waals surface area contributed by atoms with Gasteiger partial charge in [0.25, 0.3) is 0 Å². The minimum Gasteiger partial charge on any atom is -0.387 e. The van der Waals surface area contributed by atoms with E-state index in [1.165, 1.54) is 0 Å². The summed E-state index contributed by atoms with van der Waals surface area (Å²) in [5, 5.41) is 21.7. The first-order valence-corrected chi connectivity index (χ1v) is 11.9. The minimum atomic E-state index is -0.845. The van der Waals surface area contributed by atoms with E-state index in [1.54, 1.807) is 0 Å². The van der Waals surface area contributed by atoms with Crippen LogP contribution in [0.4, 0.5) is 5.69 Å². The molecule has 5 heteroatoms. The smallest absolute Gasteiger partial charge is 0.209 e. The lowest BCUT2D eigenvalue weighted by atomic mass is 9.69. The van der Waals surface area contributed by atoms with Crippen molar-refractivity contribution >= 4 is 28.1 Å². The molecule has 172 valence electrons. The molecule has 1 aliphatic heterocycles. The summed E-state index contributed by atoms with van der Waals surface area (Å²) in [6.07, 6.45) is 2.00. The van der Waals surface area contributed by atoms with Crippen LogP contribution in [0.2, 0.25) is 0 Å². The molecule has 2 aliphatic rings. The summed E-state index contributed by atoms with van der Waals surface area (Å²) in [5.41, 5.74) is 6.86. The summed E-state index contributed by atoms with van der Waals surface area (Å²) < 4.78 is 4.33. The van der Waals surface area contributed by atoms with Gasteiger partial charge in [0.05, 0.1) is 29.1 Å². The number of hydrogen-bond acceptors (Lipinski definition) is 3. The van der Waals surface area contributed by atoms with Crippen molar-refractivity contribution in [3.63, 3.8) is 0 Å². The predicted octanol–water partition coefficient (Wildman–Crippen LogP) is 4.80. The largest absolute Gasteiger partial charge is 0.387 e. The Bertz CT molecular complexity index is 1460. The maximum Gasteiger partial charge on any atom is 0.209 e. The van der Waals surface area contributed by atoms with Gasteiger partial charge in [-0.05, 0) is 44.5 Å². The van der Waals surface area contributed by atoms with E-state index < -0.39 is 12.0 Å². The van der Waals surface area contributed by atoms with Crippen LogP contribution in [0.1, 0.15) is 55.5 Å². The van der Waals surface area contributed by atoms with Crippen LogP contribution in [-0.4, -0.2) is 38.4 Å². The summed E-state index contributed by atoms with van der Waals surface area (Å²) in [6, 6.07) is 16.1. The number of rotatable bonds is 4. The second kappa shape index (κ2) is 7.78. The van der Waals surface area contributed by atoms with Gasteiger partial charge in [-0.2, -0.15) is 9.84 Å². The molecule has 0 spiro atoms. The van der Waals surface area contributed by atoms with Gasteiger partial charge in [0, 0.05) is 53.3 Å². The lowest BCUT2D eigenvalue weighted by molar-refractivity contribution is -0.437. The number of aliphatic hydroxyl groups is 1. The maximum absolute atomic E-state index is 13.5. The topological polar surface area (TPSA) is 69.0 Å². The molecule has 0 amide bonds. The van der Waals surface area contributed by atoms with Crippen LogP contribution in [0.5, 0.6) is 0 Å². The number of para-hydroxylation sites is 1. The summed E-state index contributed by atoms with van der Waals surface area (Å²) in [7, 11) is 2.00. The average molecular weight is 453 g/mol. The molecule has 1 aromatic heterocycles. The van der Waals surface area contributed by atoms with Crippen LogP contribution in [0.3, 0.4) is 0 Å². The van der Waals surface area contributed by atoms with Crippen LogP contribution in [0.15, 0.2) is 54.1 Å². The lowest BCUT2D eigenvalue weighted by Gasteiger charge is -2.35. The Balaban J connectivity index is 1.59. The van der Waals surface area contributed by atoms with Crippen LogP contribution >= 0.6 is 0 Å². The van der Waals surface area contributed by atoms with Crippen LogP contribution in [-0.2, 0) is 17.3 Å². The van der Waals surface area contributed by atoms with Gasteiger partial charge in [-0.25, -0.2) is 0 Å². The van der Waals surface area contributed by atoms with E-state index in [0.717, 1.165) is 52.1 Å². The van der Waals surface area contributed by atoms with E-state index in [0.29, 0.717) is 11.1 Å². The number of carbonyl (C=O) groups excluding carboxylic acids is 1. The summed E-state index contributed by atoms with van der Waals surface area (Å²) in [4.78, 5) is 13.5. The van der Waals surface area contributed by atoms with Gasteiger partial charge < -0.3 is 9.67 Å². The van der Waals surface area contributed by atoms with Crippen LogP contribution < -0.4 is 0 Å². The Kier molecular flexibility index (Phi) is 5.11. The molecule has 5 nitrogen and oxygen atoms in total. The summed E-state index contributed by atoms with van der Waals surface area (Å²) >= 11 is 0. The molecule has 2 atom stereocenters. The van der Waals surface area contributed by atoms with E-state index in [2.05, 4.69) is 36.0 Å². The Morgan fingerprint density at radius 3 is 2.65 bits per heavy atom. The van der Waals surface area contributed by atoms with Crippen molar-refractivity contribution < 1.29 is 14.5 Å². The van der Waals surface area contributed by atoms with Gasteiger partial charge >= 0.3 is 0 Å². The number of nitrogens with zero attached hydrogens (tertiary/aromatic N) is 3. The highest BCUT2D eigenvalue weighted by Crippen LogP contribution is 2.46. The first-order chi connectivity index (χ1) is 16.2. The monoisotopic (exact) mass is 452 g/mol. The highest BCUT2D eigenvalue weighted by atomic mass is 16.3. The third kappa shape index (κ3) is 2.95. The Morgan fingerprint density at radius 1 is 1.24 bits per heavy atom. The molecule has 1 saturated carbocycles.